The summed E-state index contributed by atoms with van der Waals surface area (Å²) in [5.74, 6) is 0.164. The van der Waals surface area contributed by atoms with Gasteiger partial charge in [0, 0.05) is 13.1 Å². The van der Waals surface area contributed by atoms with Gasteiger partial charge in [-0.25, -0.2) is 0 Å². The highest BCUT2D eigenvalue weighted by Gasteiger charge is 2.27. The lowest BCUT2D eigenvalue weighted by molar-refractivity contribution is -0.123. The molecule has 14 heavy (non-hydrogen) atoms. The number of rotatable bonds is 6. The van der Waals surface area contributed by atoms with Crippen molar-refractivity contribution in [3.05, 3.63) is 0 Å². The summed E-state index contributed by atoms with van der Waals surface area (Å²) < 4.78 is 0. The third-order valence-corrected chi connectivity index (χ3v) is 2.48. The fraction of sp³-hybridized carbons (Fsp3) is 0.900. The van der Waals surface area contributed by atoms with Crippen LogP contribution in [-0.2, 0) is 4.79 Å². The minimum Gasteiger partial charge on any atom is -0.368 e. The molecule has 0 aromatic carbocycles. The maximum absolute atomic E-state index is 11.0. The molecule has 0 heterocycles. The van der Waals surface area contributed by atoms with Crippen LogP contribution >= 0.6 is 0 Å². The highest BCUT2D eigenvalue weighted by molar-refractivity contribution is 5.84. The molecule has 84 valence electrons. The molecule has 4 heteroatoms. The third-order valence-electron chi connectivity index (χ3n) is 2.48. The number of hydrogen-bond donors (Lipinski definition) is 2. The van der Waals surface area contributed by atoms with Crippen LogP contribution in [0.1, 0.15) is 27.2 Å². The summed E-state index contributed by atoms with van der Waals surface area (Å²) in [7, 11) is 1.96. The first-order valence-corrected chi connectivity index (χ1v) is 5.07. The number of carbonyl (C=O) groups is 1. The van der Waals surface area contributed by atoms with Crippen LogP contribution in [0.15, 0.2) is 0 Å². The number of carbonyl (C=O) groups excluding carboxylic acids is 1. The molecule has 0 radical (unpaired) electrons. The van der Waals surface area contributed by atoms with Crippen molar-refractivity contribution in [3.63, 3.8) is 0 Å². The summed E-state index contributed by atoms with van der Waals surface area (Å²) in [6.07, 6.45) is 1.13. The molecule has 0 fully saturated rings. The standard InChI is InChI=1S/C10H23N3O/c1-5-8(2)6-13(4)7-10(3,12)9(11)14/h8H,5-7,12H2,1-4H3,(H2,11,14). The van der Waals surface area contributed by atoms with E-state index < -0.39 is 11.4 Å². The first kappa shape index (κ1) is 13.4. The quantitative estimate of drug-likeness (QED) is 0.643. The van der Waals surface area contributed by atoms with E-state index in [2.05, 4.69) is 18.7 Å². The minimum atomic E-state index is -0.928. The fourth-order valence-electron chi connectivity index (χ4n) is 1.36. The zero-order valence-corrected chi connectivity index (χ0v) is 9.71. The zero-order valence-electron chi connectivity index (χ0n) is 9.71. The Labute approximate surface area is 86.6 Å². The third kappa shape index (κ3) is 4.58. The summed E-state index contributed by atoms with van der Waals surface area (Å²) in [5.41, 5.74) is 10.0. The van der Waals surface area contributed by atoms with Gasteiger partial charge in [0.25, 0.3) is 0 Å². The van der Waals surface area contributed by atoms with Crippen LogP contribution < -0.4 is 11.5 Å². The van der Waals surface area contributed by atoms with E-state index in [4.69, 9.17) is 11.5 Å². The molecule has 2 unspecified atom stereocenters. The largest absolute Gasteiger partial charge is 0.368 e. The number of primary amides is 1. The molecular formula is C10H23N3O. The average Bonchev–Trinajstić information content (AvgIpc) is 2.02. The smallest absolute Gasteiger partial charge is 0.238 e. The molecule has 1 amide bonds. The van der Waals surface area contributed by atoms with E-state index >= 15 is 0 Å². The molecule has 4 N–H and O–H groups in total. The van der Waals surface area contributed by atoms with Gasteiger partial charge in [0.1, 0.15) is 5.54 Å². The number of hydrogen-bond acceptors (Lipinski definition) is 3. The first-order chi connectivity index (χ1) is 6.29. The van der Waals surface area contributed by atoms with E-state index in [9.17, 15) is 4.79 Å². The number of likely N-dealkylation sites (N-methyl/N-ethyl adjacent to an activating group) is 1. The Balaban J connectivity index is 4.05. The van der Waals surface area contributed by atoms with Crippen LogP contribution in [0.3, 0.4) is 0 Å². The van der Waals surface area contributed by atoms with Gasteiger partial charge < -0.3 is 16.4 Å². The lowest BCUT2D eigenvalue weighted by Crippen LogP contribution is -2.56. The summed E-state index contributed by atoms with van der Waals surface area (Å²) in [4.78, 5) is 13.0. The lowest BCUT2D eigenvalue weighted by atomic mass is 10.0. The van der Waals surface area contributed by atoms with E-state index in [0.717, 1.165) is 13.0 Å². The second kappa shape index (κ2) is 5.32. The summed E-state index contributed by atoms with van der Waals surface area (Å²) >= 11 is 0. The Morgan fingerprint density at radius 3 is 2.43 bits per heavy atom. The molecule has 0 saturated carbocycles. The van der Waals surface area contributed by atoms with Crippen molar-refractivity contribution >= 4 is 5.91 Å². The van der Waals surface area contributed by atoms with Crippen molar-refractivity contribution in [1.82, 2.24) is 4.90 Å². The minimum absolute atomic E-state index is 0.450. The van der Waals surface area contributed by atoms with Crippen LogP contribution in [0.4, 0.5) is 0 Å². The number of nitrogens with zero attached hydrogens (tertiary/aromatic N) is 1. The summed E-state index contributed by atoms with van der Waals surface area (Å²) in [5, 5.41) is 0. The molecule has 0 saturated heterocycles. The van der Waals surface area contributed by atoms with E-state index in [1.807, 2.05) is 7.05 Å². The Bertz CT molecular complexity index is 192. The molecule has 0 aromatic rings. The SMILES string of the molecule is CCC(C)CN(C)CC(C)(N)C(N)=O. The monoisotopic (exact) mass is 201 g/mol. The van der Waals surface area contributed by atoms with Crippen LogP contribution in [0.25, 0.3) is 0 Å². The van der Waals surface area contributed by atoms with Gasteiger partial charge in [-0.3, -0.25) is 4.79 Å². The second-order valence-electron chi connectivity index (χ2n) is 4.49. The Hall–Kier alpha value is -0.610. The van der Waals surface area contributed by atoms with Gasteiger partial charge in [-0.2, -0.15) is 0 Å². The molecule has 2 atom stereocenters. The van der Waals surface area contributed by atoms with Crippen molar-refractivity contribution in [3.8, 4) is 0 Å². The van der Waals surface area contributed by atoms with Crippen molar-refractivity contribution in [2.45, 2.75) is 32.7 Å². The zero-order chi connectivity index (χ0) is 11.4. The highest BCUT2D eigenvalue weighted by atomic mass is 16.1. The first-order valence-electron chi connectivity index (χ1n) is 5.07. The Morgan fingerprint density at radius 1 is 1.57 bits per heavy atom. The number of amides is 1. The molecule has 0 aliphatic heterocycles. The van der Waals surface area contributed by atoms with Crippen molar-refractivity contribution in [2.24, 2.45) is 17.4 Å². The predicted octanol–water partition coefficient (Wildman–Crippen LogP) is 0.167. The van der Waals surface area contributed by atoms with Gasteiger partial charge in [0.15, 0.2) is 0 Å². The van der Waals surface area contributed by atoms with E-state index in [0.29, 0.717) is 12.5 Å². The van der Waals surface area contributed by atoms with Crippen LogP contribution in [0.2, 0.25) is 0 Å². The van der Waals surface area contributed by atoms with Gasteiger partial charge in [-0.1, -0.05) is 20.3 Å². The van der Waals surface area contributed by atoms with Crippen LogP contribution in [0.5, 0.6) is 0 Å². The molecule has 0 rings (SSSR count). The molecule has 0 aliphatic rings. The molecule has 4 nitrogen and oxygen atoms in total. The number of nitrogens with two attached hydrogens (primary N) is 2. The van der Waals surface area contributed by atoms with E-state index in [-0.39, 0.29) is 0 Å². The van der Waals surface area contributed by atoms with Crippen molar-refractivity contribution < 1.29 is 4.79 Å². The van der Waals surface area contributed by atoms with Gasteiger partial charge in [-0.05, 0) is 19.9 Å². The van der Waals surface area contributed by atoms with Crippen molar-refractivity contribution in [1.29, 1.82) is 0 Å². The van der Waals surface area contributed by atoms with Gasteiger partial charge in [0.2, 0.25) is 5.91 Å². The summed E-state index contributed by atoms with van der Waals surface area (Å²) in [6, 6.07) is 0. The van der Waals surface area contributed by atoms with Gasteiger partial charge in [-0.15, -0.1) is 0 Å². The second-order valence-corrected chi connectivity index (χ2v) is 4.49. The van der Waals surface area contributed by atoms with Crippen molar-refractivity contribution in [2.75, 3.05) is 20.1 Å². The van der Waals surface area contributed by atoms with Gasteiger partial charge in [0.05, 0.1) is 0 Å². The lowest BCUT2D eigenvalue weighted by Gasteiger charge is -2.28. The normalized spacial score (nSPS) is 17.9. The molecule has 0 bridgehead atoms. The van der Waals surface area contributed by atoms with Crippen LogP contribution in [0, 0.1) is 5.92 Å². The topological polar surface area (TPSA) is 72.3 Å². The highest BCUT2D eigenvalue weighted by Crippen LogP contribution is 2.06. The molecule has 0 spiro atoms. The maximum atomic E-state index is 11.0. The average molecular weight is 201 g/mol. The molecule has 0 aromatic heterocycles. The molecular weight excluding hydrogens is 178 g/mol. The van der Waals surface area contributed by atoms with E-state index in [1.54, 1.807) is 6.92 Å². The predicted molar refractivity (Wildman–Crippen MR) is 58.7 cm³/mol. The van der Waals surface area contributed by atoms with Crippen LogP contribution in [-0.4, -0.2) is 36.5 Å². The van der Waals surface area contributed by atoms with E-state index in [1.165, 1.54) is 0 Å². The molecule has 0 aliphatic carbocycles. The summed E-state index contributed by atoms with van der Waals surface area (Å²) in [6.45, 7) is 7.44. The fourth-order valence-corrected chi connectivity index (χ4v) is 1.36. The Kier molecular flexibility index (Phi) is 5.08. The van der Waals surface area contributed by atoms with Gasteiger partial charge >= 0.3 is 0 Å². The Morgan fingerprint density at radius 2 is 2.07 bits per heavy atom. The maximum Gasteiger partial charge on any atom is 0.238 e.